The van der Waals surface area contributed by atoms with E-state index in [-0.39, 0.29) is 18.1 Å². The van der Waals surface area contributed by atoms with E-state index in [2.05, 4.69) is 15.6 Å². The molecule has 0 atom stereocenters. The van der Waals surface area contributed by atoms with Crippen LogP contribution in [-0.4, -0.2) is 33.5 Å². The number of hydrogen-bond donors (Lipinski definition) is 1. The topological polar surface area (TPSA) is 86.1 Å². The number of halogens is 1. The van der Waals surface area contributed by atoms with Gasteiger partial charge >= 0.3 is 5.97 Å². The predicted molar refractivity (Wildman–Crippen MR) is 98.8 cm³/mol. The zero-order valence-corrected chi connectivity index (χ0v) is 15.3. The van der Waals surface area contributed by atoms with Crippen molar-refractivity contribution in [3.63, 3.8) is 0 Å². The molecule has 3 aromatic rings. The quantitative estimate of drug-likeness (QED) is 0.634. The first-order valence-electron chi connectivity index (χ1n) is 8.64. The lowest BCUT2D eigenvalue weighted by atomic mass is 10.1. The van der Waals surface area contributed by atoms with Crippen LogP contribution in [0.25, 0.3) is 0 Å². The fourth-order valence-corrected chi connectivity index (χ4v) is 2.44. The minimum absolute atomic E-state index is 0.0179. The average molecular weight is 382 g/mol. The minimum atomic E-state index is -0.740. The van der Waals surface area contributed by atoms with E-state index in [4.69, 9.17) is 4.74 Å². The number of nitrogens with zero attached hydrogens (tertiary/aromatic N) is 3. The fraction of sp³-hybridized carbons (Fsp3) is 0.200. The van der Waals surface area contributed by atoms with E-state index in [1.807, 2.05) is 30.3 Å². The lowest BCUT2D eigenvalue weighted by Gasteiger charge is -2.06. The zero-order valence-electron chi connectivity index (χ0n) is 15.3. The zero-order chi connectivity index (χ0) is 19.9. The maximum atomic E-state index is 13.5. The molecule has 0 radical (unpaired) electrons. The molecule has 0 aliphatic carbocycles. The van der Waals surface area contributed by atoms with Crippen molar-refractivity contribution in [2.24, 2.45) is 0 Å². The molecule has 0 saturated carbocycles. The van der Waals surface area contributed by atoms with Gasteiger partial charge in [0.2, 0.25) is 0 Å². The predicted octanol–water partition coefficient (Wildman–Crippen LogP) is 2.25. The van der Waals surface area contributed by atoms with Crippen LogP contribution in [0.1, 0.15) is 27.2 Å². The van der Waals surface area contributed by atoms with Crippen LogP contribution in [0.5, 0.6) is 0 Å². The second-order valence-corrected chi connectivity index (χ2v) is 6.22. The van der Waals surface area contributed by atoms with E-state index >= 15 is 0 Å². The van der Waals surface area contributed by atoms with Crippen LogP contribution in [-0.2, 0) is 22.6 Å². The van der Waals surface area contributed by atoms with Crippen molar-refractivity contribution in [2.75, 3.05) is 6.61 Å². The van der Waals surface area contributed by atoms with Crippen LogP contribution in [0.15, 0.2) is 54.7 Å². The number of carbonyl (C=O) groups excluding carboxylic acids is 2. The van der Waals surface area contributed by atoms with Crippen molar-refractivity contribution in [3.05, 3.63) is 82.9 Å². The lowest BCUT2D eigenvalue weighted by molar-refractivity contribution is -0.124. The highest BCUT2D eigenvalue weighted by molar-refractivity contribution is 5.89. The minimum Gasteiger partial charge on any atom is -0.451 e. The maximum absolute atomic E-state index is 13.5. The first kappa shape index (κ1) is 19.2. The average Bonchev–Trinajstić information content (AvgIpc) is 3.16. The number of rotatable bonds is 7. The Kier molecular flexibility index (Phi) is 6.11. The van der Waals surface area contributed by atoms with Gasteiger partial charge in [-0.15, -0.1) is 5.10 Å². The number of nitrogens with one attached hydrogen (secondary N) is 1. The molecule has 1 aromatic heterocycles. The first-order chi connectivity index (χ1) is 13.5. The lowest BCUT2D eigenvalue weighted by Crippen LogP contribution is -2.28. The van der Waals surface area contributed by atoms with Gasteiger partial charge in [0, 0.05) is 6.54 Å². The monoisotopic (exact) mass is 382 g/mol. The van der Waals surface area contributed by atoms with Crippen LogP contribution in [0.2, 0.25) is 0 Å². The van der Waals surface area contributed by atoms with E-state index in [0.29, 0.717) is 17.7 Å². The number of carbonyl (C=O) groups is 2. The fourth-order valence-electron chi connectivity index (χ4n) is 2.44. The van der Waals surface area contributed by atoms with Crippen molar-refractivity contribution < 1.29 is 18.7 Å². The van der Waals surface area contributed by atoms with Crippen molar-refractivity contribution in [1.29, 1.82) is 0 Å². The Bertz CT molecular complexity index is 973. The summed E-state index contributed by atoms with van der Waals surface area (Å²) in [4.78, 5) is 23.8. The Hall–Kier alpha value is -3.55. The van der Waals surface area contributed by atoms with Crippen LogP contribution >= 0.6 is 0 Å². The van der Waals surface area contributed by atoms with Gasteiger partial charge in [-0.3, -0.25) is 4.79 Å². The summed E-state index contributed by atoms with van der Waals surface area (Å²) in [7, 11) is 0. The van der Waals surface area contributed by atoms with E-state index in [9.17, 15) is 14.0 Å². The number of aromatic nitrogens is 3. The molecule has 3 rings (SSSR count). The van der Waals surface area contributed by atoms with Crippen LogP contribution in [0.4, 0.5) is 4.39 Å². The van der Waals surface area contributed by atoms with Gasteiger partial charge in [-0.25, -0.2) is 13.9 Å². The largest absolute Gasteiger partial charge is 0.451 e. The molecule has 144 valence electrons. The smallest absolute Gasteiger partial charge is 0.361 e. The molecule has 0 aliphatic heterocycles. The highest BCUT2D eigenvalue weighted by atomic mass is 19.1. The standard InChI is InChI=1S/C20H19FN4O3/c1-14-7-8-16(9-17(14)21)10-22-19(26)13-28-20(27)18-12-25(24-23-18)11-15-5-3-2-4-6-15/h2-9,12H,10-11,13H2,1H3,(H,22,26). The number of amides is 1. The third kappa shape index (κ3) is 5.23. The molecule has 0 saturated heterocycles. The summed E-state index contributed by atoms with van der Waals surface area (Å²) in [5, 5.41) is 10.2. The Morgan fingerprint density at radius 1 is 1.14 bits per heavy atom. The summed E-state index contributed by atoms with van der Waals surface area (Å²) in [5.41, 5.74) is 2.18. The maximum Gasteiger partial charge on any atom is 0.361 e. The Morgan fingerprint density at radius 3 is 2.68 bits per heavy atom. The molecule has 1 amide bonds. The van der Waals surface area contributed by atoms with Gasteiger partial charge < -0.3 is 10.1 Å². The SMILES string of the molecule is Cc1ccc(CNC(=O)COC(=O)c2cn(Cc3ccccc3)nn2)cc1F. The molecule has 1 N–H and O–H groups in total. The first-order valence-corrected chi connectivity index (χ1v) is 8.64. The number of hydrogen-bond acceptors (Lipinski definition) is 5. The molecular formula is C20H19FN4O3. The van der Waals surface area contributed by atoms with E-state index < -0.39 is 18.5 Å². The van der Waals surface area contributed by atoms with Gasteiger partial charge in [0.1, 0.15) is 5.82 Å². The third-order valence-corrected chi connectivity index (χ3v) is 4.00. The third-order valence-electron chi connectivity index (χ3n) is 4.00. The van der Waals surface area contributed by atoms with Crippen molar-refractivity contribution in [1.82, 2.24) is 20.3 Å². The van der Waals surface area contributed by atoms with E-state index in [0.717, 1.165) is 5.56 Å². The molecule has 0 unspecified atom stereocenters. The highest BCUT2D eigenvalue weighted by Crippen LogP contribution is 2.09. The van der Waals surface area contributed by atoms with E-state index in [1.165, 1.54) is 16.9 Å². The van der Waals surface area contributed by atoms with Crippen LogP contribution < -0.4 is 5.32 Å². The molecule has 0 aliphatic rings. The summed E-state index contributed by atoms with van der Waals surface area (Å²) in [5.74, 6) is -1.57. The molecule has 7 nitrogen and oxygen atoms in total. The Labute approximate surface area is 161 Å². The number of benzene rings is 2. The number of ether oxygens (including phenoxy) is 1. The van der Waals surface area contributed by atoms with Gasteiger partial charge in [-0.1, -0.05) is 47.7 Å². The summed E-state index contributed by atoms with van der Waals surface area (Å²) >= 11 is 0. The molecule has 0 bridgehead atoms. The molecule has 8 heteroatoms. The second-order valence-electron chi connectivity index (χ2n) is 6.22. The molecule has 2 aromatic carbocycles. The second kappa shape index (κ2) is 8.90. The van der Waals surface area contributed by atoms with Gasteiger partial charge in [-0.05, 0) is 29.7 Å². The normalized spacial score (nSPS) is 10.5. The highest BCUT2D eigenvalue weighted by Gasteiger charge is 2.14. The van der Waals surface area contributed by atoms with Crippen LogP contribution in [0, 0.1) is 12.7 Å². The molecule has 0 fully saturated rings. The Morgan fingerprint density at radius 2 is 1.93 bits per heavy atom. The van der Waals surface area contributed by atoms with Gasteiger partial charge in [0.15, 0.2) is 12.3 Å². The summed E-state index contributed by atoms with van der Waals surface area (Å²) in [6.45, 7) is 1.81. The van der Waals surface area contributed by atoms with Gasteiger partial charge in [0.25, 0.3) is 5.91 Å². The summed E-state index contributed by atoms with van der Waals surface area (Å²) in [6, 6.07) is 14.3. The van der Waals surface area contributed by atoms with Crippen molar-refractivity contribution >= 4 is 11.9 Å². The molecular weight excluding hydrogens is 363 g/mol. The van der Waals surface area contributed by atoms with Gasteiger partial charge in [0.05, 0.1) is 12.7 Å². The summed E-state index contributed by atoms with van der Waals surface area (Å²) in [6.07, 6.45) is 1.46. The van der Waals surface area contributed by atoms with Gasteiger partial charge in [-0.2, -0.15) is 0 Å². The number of aryl methyl sites for hydroxylation is 1. The van der Waals surface area contributed by atoms with Crippen molar-refractivity contribution in [2.45, 2.75) is 20.0 Å². The Balaban J connectivity index is 1.45. The number of esters is 1. The van der Waals surface area contributed by atoms with E-state index in [1.54, 1.807) is 19.1 Å². The molecule has 1 heterocycles. The summed E-state index contributed by atoms with van der Waals surface area (Å²) < 4.78 is 19.9. The van der Waals surface area contributed by atoms with Crippen LogP contribution in [0.3, 0.4) is 0 Å². The molecule has 28 heavy (non-hydrogen) atoms. The molecule has 0 spiro atoms. The van der Waals surface area contributed by atoms with Crippen molar-refractivity contribution in [3.8, 4) is 0 Å².